The second kappa shape index (κ2) is 10.0. The first-order valence-electron chi connectivity index (χ1n) is 11.5. The highest BCUT2D eigenvalue weighted by molar-refractivity contribution is 6.30. The van der Waals surface area contributed by atoms with Crippen LogP contribution in [0, 0.1) is 0 Å². The lowest BCUT2D eigenvalue weighted by molar-refractivity contribution is 0.174. The Labute approximate surface area is 199 Å². The minimum Gasteiger partial charge on any atom is -0.454 e. The molecular weight excluding hydrogens is 440 g/mol. The number of fused-ring (bicyclic) bond motifs is 1. The fourth-order valence-corrected chi connectivity index (χ4v) is 4.52. The number of rotatable bonds is 8. The summed E-state index contributed by atoms with van der Waals surface area (Å²) in [4.78, 5) is 7.33. The molecule has 1 fully saturated rings. The predicted octanol–water partition coefficient (Wildman–Crippen LogP) is 4.37. The van der Waals surface area contributed by atoms with E-state index < -0.39 is 0 Å². The van der Waals surface area contributed by atoms with Crippen molar-refractivity contribution in [2.24, 2.45) is 0 Å². The Kier molecular flexibility index (Phi) is 6.71. The van der Waals surface area contributed by atoms with E-state index in [-0.39, 0.29) is 6.79 Å². The van der Waals surface area contributed by atoms with Crippen molar-refractivity contribution in [3.8, 4) is 22.8 Å². The van der Waals surface area contributed by atoms with E-state index in [2.05, 4.69) is 32.8 Å². The maximum atomic E-state index is 6.15. The normalized spacial score (nSPS) is 16.0. The van der Waals surface area contributed by atoms with Crippen LogP contribution in [-0.4, -0.2) is 67.6 Å². The summed E-state index contributed by atoms with van der Waals surface area (Å²) in [5, 5.41) is 5.06. The van der Waals surface area contributed by atoms with Gasteiger partial charge in [-0.2, -0.15) is 0 Å². The van der Waals surface area contributed by atoms with Crippen LogP contribution in [0.25, 0.3) is 11.3 Å². The van der Waals surface area contributed by atoms with Gasteiger partial charge in [0.25, 0.3) is 0 Å². The van der Waals surface area contributed by atoms with Crippen molar-refractivity contribution in [1.29, 1.82) is 0 Å². The summed E-state index contributed by atoms with van der Waals surface area (Å²) in [6.07, 6.45) is 0. The van der Waals surface area contributed by atoms with Gasteiger partial charge in [-0.05, 0) is 42.9 Å². The molecule has 0 aliphatic carbocycles. The smallest absolute Gasteiger partial charge is 0.231 e. The molecule has 33 heavy (non-hydrogen) atoms. The Morgan fingerprint density at radius 1 is 1.00 bits per heavy atom. The zero-order chi connectivity index (χ0) is 22.6. The molecule has 0 unspecified atom stereocenters. The maximum Gasteiger partial charge on any atom is 0.231 e. The molecule has 7 nitrogen and oxygen atoms in total. The second-order valence-electron chi connectivity index (χ2n) is 8.42. The average molecular weight is 469 g/mol. The molecular formula is C25H29ClN4O3. The van der Waals surface area contributed by atoms with E-state index in [9.17, 15) is 0 Å². The zero-order valence-corrected chi connectivity index (χ0v) is 19.6. The van der Waals surface area contributed by atoms with Gasteiger partial charge in [-0.15, -0.1) is 0 Å². The third kappa shape index (κ3) is 5.27. The Bertz CT molecular complexity index is 1080. The molecule has 2 aromatic carbocycles. The van der Waals surface area contributed by atoms with Gasteiger partial charge in [-0.1, -0.05) is 29.7 Å². The lowest BCUT2D eigenvalue weighted by Gasteiger charge is -2.37. The molecule has 174 valence electrons. The molecule has 0 amide bonds. The van der Waals surface area contributed by atoms with Gasteiger partial charge >= 0.3 is 0 Å². The van der Waals surface area contributed by atoms with Crippen molar-refractivity contribution < 1.29 is 14.0 Å². The van der Waals surface area contributed by atoms with Crippen molar-refractivity contribution in [2.45, 2.75) is 13.5 Å². The van der Waals surface area contributed by atoms with Crippen molar-refractivity contribution in [1.82, 2.24) is 15.0 Å². The van der Waals surface area contributed by atoms with Gasteiger partial charge in [0, 0.05) is 61.6 Å². The minimum absolute atomic E-state index is 0.268. The SMILES string of the molecule is CCN(CCN1CCN(c2cccc(Cl)c2)CC1)Cc1cc(-c2ccc3c(c2)OCO3)no1. The first-order chi connectivity index (χ1) is 16.2. The Morgan fingerprint density at radius 3 is 2.67 bits per heavy atom. The van der Waals surface area contributed by atoms with Crippen molar-refractivity contribution in [2.75, 3.05) is 57.5 Å². The number of likely N-dealkylation sites (N-methyl/N-ethyl adjacent to an activating group) is 1. The van der Waals surface area contributed by atoms with Crippen molar-refractivity contribution in [3.63, 3.8) is 0 Å². The van der Waals surface area contributed by atoms with E-state index in [1.807, 2.05) is 42.5 Å². The maximum absolute atomic E-state index is 6.15. The first kappa shape index (κ1) is 22.1. The summed E-state index contributed by atoms with van der Waals surface area (Å²) in [5.74, 6) is 2.39. The van der Waals surface area contributed by atoms with Crippen LogP contribution in [-0.2, 0) is 6.54 Å². The highest BCUT2D eigenvalue weighted by atomic mass is 35.5. The van der Waals surface area contributed by atoms with E-state index >= 15 is 0 Å². The van der Waals surface area contributed by atoms with Crippen LogP contribution in [0.15, 0.2) is 53.1 Å². The molecule has 3 heterocycles. The molecule has 1 aromatic heterocycles. The number of anilines is 1. The standard InChI is InChI=1S/C25H29ClN4O3/c1-2-28(8-9-29-10-12-30(13-11-29)21-5-3-4-20(26)15-21)17-22-16-23(27-33-22)19-6-7-24-25(14-19)32-18-31-24/h3-7,14-16H,2,8-13,17-18H2,1H3. The highest BCUT2D eigenvalue weighted by Crippen LogP contribution is 2.35. The number of aromatic nitrogens is 1. The molecule has 2 aliphatic heterocycles. The molecule has 5 rings (SSSR count). The Balaban J connectivity index is 1.11. The molecule has 0 radical (unpaired) electrons. The molecule has 0 atom stereocenters. The summed E-state index contributed by atoms with van der Waals surface area (Å²) < 4.78 is 16.5. The number of ether oxygens (including phenoxy) is 2. The predicted molar refractivity (Wildman–Crippen MR) is 129 cm³/mol. The van der Waals surface area contributed by atoms with Gasteiger partial charge in [0.05, 0.1) is 6.54 Å². The van der Waals surface area contributed by atoms with Crippen molar-refractivity contribution in [3.05, 3.63) is 59.3 Å². The second-order valence-corrected chi connectivity index (χ2v) is 8.86. The molecule has 0 saturated carbocycles. The molecule has 3 aromatic rings. The third-order valence-electron chi connectivity index (χ3n) is 6.33. The number of hydrogen-bond acceptors (Lipinski definition) is 7. The molecule has 2 aliphatic rings. The van der Waals surface area contributed by atoms with Gasteiger partial charge in [-0.3, -0.25) is 9.80 Å². The van der Waals surface area contributed by atoms with Crippen LogP contribution in [0.5, 0.6) is 11.5 Å². The van der Waals surface area contributed by atoms with Gasteiger partial charge in [0.1, 0.15) is 5.69 Å². The van der Waals surface area contributed by atoms with E-state index in [0.717, 1.165) is 85.9 Å². The topological polar surface area (TPSA) is 54.2 Å². The minimum atomic E-state index is 0.268. The Hall–Kier alpha value is -2.74. The van der Waals surface area contributed by atoms with Crippen LogP contribution < -0.4 is 14.4 Å². The van der Waals surface area contributed by atoms with Gasteiger partial charge in [-0.25, -0.2) is 0 Å². The van der Waals surface area contributed by atoms with E-state index in [1.165, 1.54) is 5.69 Å². The molecule has 8 heteroatoms. The monoisotopic (exact) mass is 468 g/mol. The molecule has 0 bridgehead atoms. The first-order valence-corrected chi connectivity index (χ1v) is 11.9. The third-order valence-corrected chi connectivity index (χ3v) is 6.57. The fraction of sp³-hybridized carbons (Fsp3) is 0.400. The number of nitrogens with zero attached hydrogens (tertiary/aromatic N) is 4. The van der Waals surface area contributed by atoms with Gasteiger partial charge in [0.15, 0.2) is 17.3 Å². The van der Waals surface area contributed by atoms with Crippen molar-refractivity contribution >= 4 is 17.3 Å². The lowest BCUT2D eigenvalue weighted by Crippen LogP contribution is -2.48. The van der Waals surface area contributed by atoms with Crippen LogP contribution >= 0.6 is 11.6 Å². The van der Waals surface area contributed by atoms with Gasteiger partial charge in [0.2, 0.25) is 6.79 Å². The molecule has 0 N–H and O–H groups in total. The van der Waals surface area contributed by atoms with Crippen LogP contribution in [0.4, 0.5) is 5.69 Å². The zero-order valence-electron chi connectivity index (χ0n) is 18.9. The highest BCUT2D eigenvalue weighted by Gasteiger charge is 2.19. The largest absolute Gasteiger partial charge is 0.454 e. The molecule has 0 spiro atoms. The number of benzene rings is 2. The van der Waals surface area contributed by atoms with Crippen LogP contribution in [0.2, 0.25) is 5.02 Å². The Morgan fingerprint density at radius 2 is 1.85 bits per heavy atom. The number of halogens is 1. The van der Waals surface area contributed by atoms with E-state index in [4.69, 9.17) is 25.6 Å². The van der Waals surface area contributed by atoms with Gasteiger partial charge < -0.3 is 18.9 Å². The molecule has 1 saturated heterocycles. The number of piperazine rings is 1. The fourth-order valence-electron chi connectivity index (χ4n) is 4.33. The summed E-state index contributed by atoms with van der Waals surface area (Å²) in [6, 6.07) is 16.0. The quantitative estimate of drug-likeness (QED) is 0.486. The lowest BCUT2D eigenvalue weighted by atomic mass is 10.1. The number of hydrogen-bond donors (Lipinski definition) is 0. The summed E-state index contributed by atoms with van der Waals surface area (Å²) >= 11 is 6.15. The summed E-state index contributed by atoms with van der Waals surface area (Å²) in [5.41, 5.74) is 2.99. The summed E-state index contributed by atoms with van der Waals surface area (Å²) in [7, 11) is 0. The van der Waals surface area contributed by atoms with E-state index in [0.29, 0.717) is 0 Å². The van der Waals surface area contributed by atoms with Crippen LogP contribution in [0.3, 0.4) is 0 Å². The van der Waals surface area contributed by atoms with Crippen LogP contribution in [0.1, 0.15) is 12.7 Å². The summed E-state index contributed by atoms with van der Waals surface area (Å²) in [6.45, 7) is 10.4. The van der Waals surface area contributed by atoms with E-state index in [1.54, 1.807) is 0 Å². The average Bonchev–Trinajstić information content (AvgIpc) is 3.51.